The summed E-state index contributed by atoms with van der Waals surface area (Å²) in [5.74, 6) is -0.323. The molecule has 11 heteroatoms. The van der Waals surface area contributed by atoms with Crippen molar-refractivity contribution in [2.75, 3.05) is 0 Å². The van der Waals surface area contributed by atoms with Gasteiger partial charge in [-0.1, -0.05) is 12.1 Å². The monoisotopic (exact) mass is 351 g/mol. The van der Waals surface area contributed by atoms with Gasteiger partial charge in [0.25, 0.3) is 0 Å². The van der Waals surface area contributed by atoms with Gasteiger partial charge in [-0.05, 0) is 24.3 Å². The number of hydrazone groups is 1. The lowest BCUT2D eigenvalue weighted by molar-refractivity contribution is 0.991. The number of guanidine groups is 1. The van der Waals surface area contributed by atoms with Crippen LogP contribution < -0.4 is 22.6 Å². The highest BCUT2D eigenvalue weighted by molar-refractivity contribution is 5.94. The summed E-state index contributed by atoms with van der Waals surface area (Å²) in [6.45, 7) is 0. The summed E-state index contributed by atoms with van der Waals surface area (Å²) in [5, 5.41) is 26.0. The van der Waals surface area contributed by atoms with Gasteiger partial charge >= 0.3 is 0 Å². The van der Waals surface area contributed by atoms with E-state index in [2.05, 4.69) is 30.7 Å². The highest BCUT2D eigenvalue weighted by atomic mass is 15.4. The van der Waals surface area contributed by atoms with E-state index in [1.807, 2.05) is 0 Å². The summed E-state index contributed by atoms with van der Waals surface area (Å²) >= 11 is 0. The predicted octanol–water partition coefficient (Wildman–Crippen LogP) is -0.683. The van der Waals surface area contributed by atoms with Crippen LogP contribution in [0.4, 0.5) is 0 Å². The number of hydrogen-bond donors (Lipinski definition) is 6. The number of nitrogens with two attached hydrogens (primary N) is 3. The minimum atomic E-state index is -0.137. The molecule has 9 N–H and O–H groups in total. The van der Waals surface area contributed by atoms with Gasteiger partial charge < -0.3 is 17.2 Å². The topological polar surface area (TPSA) is 201 Å². The Bertz CT molecular complexity index is 898. The first-order valence-electron chi connectivity index (χ1n) is 7.24. The first-order chi connectivity index (χ1) is 12.5. The molecule has 0 radical (unpaired) electrons. The first kappa shape index (κ1) is 18.2. The highest BCUT2D eigenvalue weighted by Gasteiger charge is 1.99. The molecule has 0 aliphatic carbocycles. The van der Waals surface area contributed by atoms with Crippen molar-refractivity contribution in [3.8, 4) is 0 Å². The summed E-state index contributed by atoms with van der Waals surface area (Å²) in [4.78, 5) is 8.21. The zero-order valence-corrected chi connectivity index (χ0v) is 13.6. The molecule has 0 atom stereocenters. The number of hydrogen-bond acceptors (Lipinski definition) is 7. The molecular formula is C15H17N11. The van der Waals surface area contributed by atoms with E-state index >= 15 is 0 Å². The van der Waals surface area contributed by atoms with Crippen molar-refractivity contribution in [2.45, 2.75) is 0 Å². The van der Waals surface area contributed by atoms with Crippen LogP contribution in [-0.4, -0.2) is 40.0 Å². The second kappa shape index (κ2) is 8.63. The van der Waals surface area contributed by atoms with Crippen LogP contribution in [0.3, 0.4) is 0 Å². The van der Waals surface area contributed by atoms with Crippen molar-refractivity contribution >= 4 is 30.1 Å². The Balaban J connectivity index is 1.96. The van der Waals surface area contributed by atoms with Gasteiger partial charge in [-0.3, -0.25) is 10.8 Å². The van der Waals surface area contributed by atoms with Gasteiger partial charge in [-0.25, -0.2) is 15.4 Å². The van der Waals surface area contributed by atoms with Gasteiger partial charge in [0.05, 0.1) is 23.8 Å². The Hall–Kier alpha value is -4.15. The van der Waals surface area contributed by atoms with Crippen molar-refractivity contribution in [3.63, 3.8) is 0 Å². The lowest BCUT2D eigenvalue weighted by atomic mass is 10.3. The van der Waals surface area contributed by atoms with E-state index in [0.717, 1.165) is 0 Å². The maximum Gasteiger partial charge on any atom is 0.234 e. The van der Waals surface area contributed by atoms with E-state index in [1.165, 1.54) is 12.4 Å². The molecule has 0 aliphatic rings. The second-order valence-corrected chi connectivity index (χ2v) is 4.82. The van der Waals surface area contributed by atoms with Gasteiger partial charge in [-0.2, -0.15) is 10.2 Å². The average molecular weight is 351 g/mol. The Kier molecular flexibility index (Phi) is 6.04. The zero-order chi connectivity index (χ0) is 18.9. The number of nitrogens with one attached hydrogen (secondary N) is 3. The third kappa shape index (κ3) is 5.49. The maximum absolute atomic E-state index is 7.34. The summed E-state index contributed by atoms with van der Waals surface area (Å²) in [5.41, 5.74) is 20.5. The highest BCUT2D eigenvalue weighted by Crippen LogP contribution is 1.97. The molecule has 2 rings (SSSR count). The lowest BCUT2D eigenvalue weighted by Crippen LogP contribution is -2.26. The van der Waals surface area contributed by atoms with Gasteiger partial charge in [0.2, 0.25) is 5.96 Å². The molecule has 0 bridgehead atoms. The molecule has 2 aromatic heterocycles. The van der Waals surface area contributed by atoms with Crippen molar-refractivity contribution in [1.29, 1.82) is 10.8 Å². The van der Waals surface area contributed by atoms with Crippen LogP contribution in [0, 0.1) is 10.8 Å². The van der Waals surface area contributed by atoms with E-state index in [0.29, 0.717) is 22.8 Å². The van der Waals surface area contributed by atoms with Crippen LogP contribution in [0.15, 0.2) is 51.7 Å². The zero-order valence-electron chi connectivity index (χ0n) is 13.6. The normalized spacial score (nSPS) is 11.8. The van der Waals surface area contributed by atoms with Crippen LogP contribution in [0.1, 0.15) is 22.8 Å². The molecule has 2 aromatic rings. The van der Waals surface area contributed by atoms with E-state index < -0.39 is 0 Å². The third-order valence-electron chi connectivity index (χ3n) is 2.82. The average Bonchev–Trinajstić information content (AvgIpc) is 2.62. The van der Waals surface area contributed by atoms with Gasteiger partial charge in [0.1, 0.15) is 23.1 Å². The van der Waals surface area contributed by atoms with E-state index in [1.54, 1.807) is 36.4 Å². The number of pyridine rings is 2. The van der Waals surface area contributed by atoms with Crippen molar-refractivity contribution in [1.82, 2.24) is 15.4 Å². The number of aromatic nitrogens is 2. The molecule has 0 aliphatic heterocycles. The number of nitrogen functional groups attached to an aromatic ring is 2. The van der Waals surface area contributed by atoms with Crippen molar-refractivity contribution in [2.24, 2.45) is 32.5 Å². The minimum absolute atomic E-state index is 0.0528. The van der Waals surface area contributed by atoms with Crippen LogP contribution in [-0.2, 0) is 0 Å². The van der Waals surface area contributed by atoms with Crippen LogP contribution in [0.2, 0.25) is 0 Å². The summed E-state index contributed by atoms with van der Waals surface area (Å²) in [7, 11) is 0. The molecule has 0 amide bonds. The van der Waals surface area contributed by atoms with Gasteiger partial charge in [0, 0.05) is 0 Å². The maximum atomic E-state index is 7.34. The van der Waals surface area contributed by atoms with Gasteiger partial charge in [-0.15, -0.1) is 5.10 Å². The Morgan fingerprint density at radius 3 is 1.96 bits per heavy atom. The fourth-order valence-corrected chi connectivity index (χ4v) is 1.68. The van der Waals surface area contributed by atoms with Crippen LogP contribution >= 0.6 is 0 Å². The predicted molar refractivity (Wildman–Crippen MR) is 100 cm³/mol. The lowest BCUT2D eigenvalue weighted by Gasteiger charge is -1.99. The fraction of sp³-hybridized carbons (Fsp3) is 0. The largest absolute Gasteiger partial charge is 0.382 e. The molecule has 11 nitrogen and oxygen atoms in total. The minimum Gasteiger partial charge on any atom is -0.382 e. The van der Waals surface area contributed by atoms with Crippen molar-refractivity contribution in [3.05, 3.63) is 59.2 Å². The second-order valence-electron chi connectivity index (χ2n) is 4.82. The smallest absolute Gasteiger partial charge is 0.234 e. The Labute approximate surface area is 148 Å². The number of amidine groups is 2. The third-order valence-corrected chi connectivity index (χ3v) is 2.82. The molecule has 0 fully saturated rings. The number of nitrogens with zero attached hydrogens (tertiary/aromatic N) is 5. The summed E-state index contributed by atoms with van der Waals surface area (Å²) in [6, 6.07) is 10.0. The van der Waals surface area contributed by atoms with E-state index in [4.69, 9.17) is 28.0 Å². The van der Waals surface area contributed by atoms with Gasteiger partial charge in [0.15, 0.2) is 0 Å². The Morgan fingerprint density at radius 1 is 0.885 bits per heavy atom. The fourth-order valence-electron chi connectivity index (χ4n) is 1.68. The standard InChI is InChI=1S/C15H17N11/c16-13(17)11-5-1-3-9(23-11)7-21-25-15(20)26-22-8-10-4-2-6-12(24-10)14(18)19/h1-8H,(H3,16,17)(H3,18,19)(H3,20,25,26)/b21-7-,22-8+. The van der Waals surface area contributed by atoms with E-state index in [9.17, 15) is 0 Å². The molecule has 26 heavy (non-hydrogen) atoms. The quantitative estimate of drug-likeness (QED) is 0.226. The molecule has 0 unspecified atom stereocenters. The summed E-state index contributed by atoms with van der Waals surface area (Å²) < 4.78 is 0. The van der Waals surface area contributed by atoms with Crippen molar-refractivity contribution < 1.29 is 0 Å². The Morgan fingerprint density at radius 2 is 1.42 bits per heavy atom. The van der Waals surface area contributed by atoms with Crippen LogP contribution in [0.25, 0.3) is 0 Å². The SMILES string of the molecule is N=C(N)c1cccc(/C=N\N=C(/N)N/N=C/c2cccc(C(=N)N)n2)n1. The molecule has 0 saturated heterocycles. The first-order valence-corrected chi connectivity index (χ1v) is 7.24. The number of rotatable bonds is 6. The molecule has 2 heterocycles. The summed E-state index contributed by atoms with van der Waals surface area (Å²) in [6.07, 6.45) is 2.76. The molecule has 0 aromatic carbocycles. The molecular weight excluding hydrogens is 334 g/mol. The van der Waals surface area contributed by atoms with E-state index in [-0.39, 0.29) is 17.6 Å². The molecule has 0 saturated carbocycles. The molecule has 132 valence electrons. The van der Waals surface area contributed by atoms with Crippen LogP contribution in [0.5, 0.6) is 0 Å². The molecule has 0 spiro atoms.